The lowest BCUT2D eigenvalue weighted by Gasteiger charge is -2.30. The molecule has 0 bridgehead atoms. The topological polar surface area (TPSA) is 51.6 Å². The maximum atomic E-state index is 5.94. The summed E-state index contributed by atoms with van der Waals surface area (Å²) in [7, 11) is 3.33. The van der Waals surface area contributed by atoms with Gasteiger partial charge in [-0.2, -0.15) is 0 Å². The minimum atomic E-state index is -0.204. The van der Waals surface area contributed by atoms with E-state index >= 15 is 0 Å². The Kier molecular flexibility index (Phi) is 5.98. The summed E-state index contributed by atoms with van der Waals surface area (Å²) in [4.78, 5) is 6.80. The molecule has 2 atom stereocenters. The van der Waals surface area contributed by atoms with Gasteiger partial charge in [-0.3, -0.25) is 4.98 Å². The molecule has 3 heterocycles. The van der Waals surface area contributed by atoms with Gasteiger partial charge in [0.25, 0.3) is 0 Å². The smallest absolute Gasteiger partial charge is 0.174 e. The number of ether oxygens (including phenoxy) is 2. The average molecular weight is 507 g/mol. The fraction of sp³-hybridized carbons (Fsp3) is 0.133. The van der Waals surface area contributed by atoms with Crippen molar-refractivity contribution in [3.63, 3.8) is 0 Å². The predicted octanol–water partition coefficient (Wildman–Crippen LogP) is 6.22. The standard InChI is InChI=1S/C30H26N4O2S/c1-35-23-14-15-27(36-2)26(19-23)34-29(28(32-30(34)37)24-10-5-6-16-31-24)25-11-7-17-33(25)22-13-12-20-8-3-4-9-21(20)18-22/h3-19,28-29H,1-2H3,(H,32,37)/t28-,29-/m0/s1. The van der Waals surface area contributed by atoms with Crippen molar-refractivity contribution in [3.8, 4) is 17.2 Å². The number of nitrogens with one attached hydrogen (secondary N) is 1. The fourth-order valence-corrected chi connectivity index (χ4v) is 5.44. The first-order chi connectivity index (χ1) is 18.2. The van der Waals surface area contributed by atoms with Crippen molar-refractivity contribution < 1.29 is 9.47 Å². The third-order valence-electron chi connectivity index (χ3n) is 6.84. The first-order valence-corrected chi connectivity index (χ1v) is 12.5. The molecule has 0 radical (unpaired) electrons. The van der Waals surface area contributed by atoms with Crippen molar-refractivity contribution in [1.29, 1.82) is 0 Å². The van der Waals surface area contributed by atoms with Crippen LogP contribution in [0.25, 0.3) is 16.5 Å². The number of aromatic nitrogens is 2. The third kappa shape index (κ3) is 4.07. The van der Waals surface area contributed by atoms with E-state index in [0.29, 0.717) is 10.9 Å². The number of anilines is 1. The van der Waals surface area contributed by atoms with Crippen molar-refractivity contribution in [2.75, 3.05) is 19.1 Å². The Labute approximate surface area is 221 Å². The summed E-state index contributed by atoms with van der Waals surface area (Å²) in [5.41, 5.74) is 3.89. The Morgan fingerprint density at radius 2 is 1.68 bits per heavy atom. The van der Waals surface area contributed by atoms with Gasteiger partial charge in [0.15, 0.2) is 5.11 Å². The van der Waals surface area contributed by atoms with Crippen LogP contribution < -0.4 is 19.7 Å². The van der Waals surface area contributed by atoms with Crippen LogP contribution in [0.5, 0.6) is 11.5 Å². The SMILES string of the molecule is COc1ccc(OC)c(N2C(=S)N[C@@H](c3ccccn3)[C@@H]2c2cccn2-c2ccc3ccccc3c2)c1. The van der Waals surface area contributed by atoms with Gasteiger partial charge in [-0.15, -0.1) is 0 Å². The lowest BCUT2D eigenvalue weighted by Crippen LogP contribution is -2.30. The van der Waals surface area contributed by atoms with Gasteiger partial charge in [0.1, 0.15) is 17.5 Å². The zero-order valence-corrected chi connectivity index (χ0v) is 21.4. The molecule has 1 aliphatic heterocycles. The molecule has 1 N–H and O–H groups in total. The second-order valence-corrected chi connectivity index (χ2v) is 9.26. The number of hydrogen-bond donors (Lipinski definition) is 1. The van der Waals surface area contributed by atoms with Gasteiger partial charge in [-0.1, -0.05) is 36.4 Å². The molecular formula is C30H26N4O2S. The highest BCUT2D eigenvalue weighted by atomic mass is 32.1. The maximum absolute atomic E-state index is 5.94. The molecule has 184 valence electrons. The number of hydrogen-bond acceptors (Lipinski definition) is 4. The molecule has 0 amide bonds. The number of rotatable bonds is 6. The number of pyridine rings is 1. The van der Waals surface area contributed by atoms with E-state index in [-0.39, 0.29) is 12.1 Å². The summed E-state index contributed by atoms with van der Waals surface area (Å²) < 4.78 is 13.5. The van der Waals surface area contributed by atoms with E-state index in [9.17, 15) is 0 Å². The Hall–Kier alpha value is -4.36. The zero-order chi connectivity index (χ0) is 25.4. The van der Waals surface area contributed by atoms with Gasteiger partial charge in [-0.05, 0) is 71.5 Å². The number of fused-ring (bicyclic) bond motifs is 1. The lowest BCUT2D eigenvalue weighted by molar-refractivity contribution is 0.402. The van der Waals surface area contributed by atoms with Gasteiger partial charge >= 0.3 is 0 Å². The summed E-state index contributed by atoms with van der Waals surface area (Å²) in [6.45, 7) is 0. The molecule has 7 heteroatoms. The van der Waals surface area contributed by atoms with Crippen molar-refractivity contribution in [2.24, 2.45) is 0 Å². The molecule has 0 spiro atoms. The average Bonchev–Trinajstić information content (AvgIpc) is 3.57. The second-order valence-electron chi connectivity index (χ2n) is 8.87. The van der Waals surface area contributed by atoms with Crippen LogP contribution in [0.3, 0.4) is 0 Å². The van der Waals surface area contributed by atoms with Gasteiger partial charge in [0.05, 0.1) is 31.6 Å². The van der Waals surface area contributed by atoms with Crippen molar-refractivity contribution in [1.82, 2.24) is 14.9 Å². The molecule has 1 fully saturated rings. The molecule has 2 aromatic heterocycles. The normalized spacial score (nSPS) is 17.1. The van der Waals surface area contributed by atoms with E-state index in [1.54, 1.807) is 14.2 Å². The number of methoxy groups -OCH3 is 2. The first kappa shape index (κ1) is 23.1. The van der Waals surface area contributed by atoms with Gasteiger partial charge in [0.2, 0.25) is 0 Å². The molecule has 0 unspecified atom stereocenters. The Morgan fingerprint density at radius 1 is 0.838 bits per heavy atom. The largest absolute Gasteiger partial charge is 0.497 e. The van der Waals surface area contributed by atoms with Crippen LogP contribution in [0.1, 0.15) is 23.5 Å². The Balaban J connectivity index is 1.54. The summed E-state index contributed by atoms with van der Waals surface area (Å²) in [5.74, 6) is 1.43. The summed E-state index contributed by atoms with van der Waals surface area (Å²) >= 11 is 5.94. The highest BCUT2D eigenvalue weighted by Gasteiger charge is 2.43. The van der Waals surface area contributed by atoms with E-state index in [4.69, 9.17) is 21.7 Å². The van der Waals surface area contributed by atoms with E-state index in [1.807, 2.05) is 42.6 Å². The van der Waals surface area contributed by atoms with Crippen molar-refractivity contribution >= 4 is 33.8 Å². The van der Waals surface area contributed by atoms with Gasteiger partial charge < -0.3 is 24.3 Å². The molecular weight excluding hydrogens is 480 g/mol. The maximum Gasteiger partial charge on any atom is 0.174 e. The molecule has 3 aromatic carbocycles. The molecule has 6 rings (SSSR count). The highest BCUT2D eigenvalue weighted by molar-refractivity contribution is 7.80. The highest BCUT2D eigenvalue weighted by Crippen LogP contribution is 2.46. The summed E-state index contributed by atoms with van der Waals surface area (Å²) in [6, 6.07) is 30.5. The minimum Gasteiger partial charge on any atom is -0.497 e. The van der Waals surface area contributed by atoms with E-state index < -0.39 is 0 Å². The molecule has 5 aromatic rings. The van der Waals surface area contributed by atoms with E-state index in [2.05, 4.69) is 80.6 Å². The number of thiocarbonyl (C=S) groups is 1. The molecule has 37 heavy (non-hydrogen) atoms. The molecule has 6 nitrogen and oxygen atoms in total. The van der Waals surface area contributed by atoms with E-state index in [0.717, 1.165) is 28.5 Å². The molecule has 0 aliphatic carbocycles. The lowest BCUT2D eigenvalue weighted by atomic mass is 10.0. The molecule has 1 aliphatic rings. The zero-order valence-electron chi connectivity index (χ0n) is 20.5. The summed E-state index contributed by atoms with van der Waals surface area (Å²) in [6.07, 6.45) is 3.91. The van der Waals surface area contributed by atoms with Crippen LogP contribution in [0.15, 0.2) is 103 Å². The van der Waals surface area contributed by atoms with Crippen LogP contribution in [0, 0.1) is 0 Å². The summed E-state index contributed by atoms with van der Waals surface area (Å²) in [5, 5.41) is 6.53. The Bertz CT molecular complexity index is 1580. The van der Waals surface area contributed by atoms with Crippen LogP contribution in [0.4, 0.5) is 5.69 Å². The fourth-order valence-electron chi connectivity index (χ4n) is 5.10. The molecule has 1 saturated heterocycles. The van der Waals surface area contributed by atoms with Crippen LogP contribution in [0.2, 0.25) is 0 Å². The first-order valence-electron chi connectivity index (χ1n) is 12.1. The van der Waals surface area contributed by atoms with Crippen LogP contribution in [-0.4, -0.2) is 28.9 Å². The van der Waals surface area contributed by atoms with Gasteiger partial charge in [0, 0.05) is 29.8 Å². The van der Waals surface area contributed by atoms with Crippen molar-refractivity contribution in [2.45, 2.75) is 12.1 Å². The third-order valence-corrected chi connectivity index (χ3v) is 7.15. The van der Waals surface area contributed by atoms with E-state index in [1.165, 1.54) is 10.8 Å². The number of benzene rings is 3. The van der Waals surface area contributed by atoms with Crippen LogP contribution in [-0.2, 0) is 0 Å². The van der Waals surface area contributed by atoms with Gasteiger partial charge in [-0.25, -0.2) is 0 Å². The van der Waals surface area contributed by atoms with Crippen LogP contribution >= 0.6 is 12.2 Å². The monoisotopic (exact) mass is 506 g/mol. The number of nitrogens with zero attached hydrogens (tertiary/aromatic N) is 3. The van der Waals surface area contributed by atoms with Crippen molar-refractivity contribution in [3.05, 3.63) is 115 Å². The Morgan fingerprint density at radius 3 is 2.46 bits per heavy atom. The quantitative estimate of drug-likeness (QED) is 0.276. The predicted molar refractivity (Wildman–Crippen MR) is 151 cm³/mol. The molecule has 0 saturated carbocycles. The second kappa shape index (κ2) is 9.59. The minimum absolute atomic E-state index is 0.182.